The van der Waals surface area contributed by atoms with Gasteiger partial charge in [-0.3, -0.25) is 4.79 Å². The molecule has 0 bridgehead atoms. The molecule has 11 nitrogen and oxygen atoms in total. The van der Waals surface area contributed by atoms with E-state index in [1.807, 2.05) is 23.1 Å². The van der Waals surface area contributed by atoms with Crippen molar-refractivity contribution in [2.45, 2.75) is 48.6 Å². The van der Waals surface area contributed by atoms with Gasteiger partial charge in [0.05, 0.1) is 50.3 Å². The number of piperazine rings is 1. The number of aromatic nitrogens is 2. The molecule has 3 aliphatic rings. The van der Waals surface area contributed by atoms with Gasteiger partial charge >= 0.3 is 0 Å². The predicted molar refractivity (Wildman–Crippen MR) is 135 cm³/mol. The van der Waals surface area contributed by atoms with E-state index in [9.17, 15) is 18.3 Å². The minimum atomic E-state index is -3.94. The number of fused-ring (bicyclic) bond motifs is 1. The number of benzene rings is 1. The van der Waals surface area contributed by atoms with Gasteiger partial charge in [-0.15, -0.1) is 0 Å². The maximum Gasteiger partial charge on any atom is 0.262 e. The molecule has 0 radical (unpaired) electrons. The zero-order valence-electron chi connectivity index (χ0n) is 21.1. The number of aryl methyl sites for hydroxylation is 1. The molecule has 1 aromatic carbocycles. The molecule has 37 heavy (non-hydrogen) atoms. The van der Waals surface area contributed by atoms with Crippen LogP contribution in [0.4, 0.5) is 5.69 Å². The third-order valence-corrected chi connectivity index (χ3v) is 9.12. The molecule has 12 heteroatoms. The molecule has 3 saturated heterocycles. The largest absolute Gasteiger partial charge is 0.389 e. The molecule has 4 atom stereocenters. The first kappa shape index (κ1) is 26.1. The number of aliphatic hydroxyl groups is 1. The molecule has 202 valence electrons. The Morgan fingerprint density at radius 2 is 1.86 bits per heavy atom. The van der Waals surface area contributed by atoms with Crippen molar-refractivity contribution in [1.82, 2.24) is 18.8 Å². The van der Waals surface area contributed by atoms with Crippen LogP contribution in [0, 0.1) is 0 Å². The molecule has 4 heterocycles. The minimum absolute atomic E-state index is 0.0100. The molecule has 1 aromatic heterocycles. The molecule has 3 aliphatic heterocycles. The summed E-state index contributed by atoms with van der Waals surface area (Å²) in [4.78, 5) is 21.3. The normalized spacial score (nSPS) is 27.8. The van der Waals surface area contributed by atoms with Crippen molar-refractivity contribution in [2.24, 2.45) is 7.05 Å². The number of amides is 1. The lowest BCUT2D eigenvalue weighted by Crippen LogP contribution is -2.57. The van der Waals surface area contributed by atoms with Crippen molar-refractivity contribution in [3.05, 3.63) is 42.9 Å². The molecule has 2 aromatic rings. The Balaban J connectivity index is 1.21. The Morgan fingerprint density at radius 3 is 2.57 bits per heavy atom. The van der Waals surface area contributed by atoms with E-state index in [2.05, 4.69) is 22.0 Å². The quantitative estimate of drug-likeness (QED) is 0.589. The summed E-state index contributed by atoms with van der Waals surface area (Å²) in [6.45, 7) is 2.93. The number of β-amino-alcohol motifs (C(OH)–C–C–N with tert-alkyl or cyclic N) is 1. The molecule has 0 aliphatic carbocycles. The number of carbonyl (C=O) groups excluding carboxylic acids is 1. The second-order valence-electron chi connectivity index (χ2n) is 9.99. The first-order chi connectivity index (χ1) is 17.8. The number of sulfonamides is 1. The number of ether oxygens (including phenoxy) is 2. The van der Waals surface area contributed by atoms with Gasteiger partial charge in [-0.1, -0.05) is 18.2 Å². The van der Waals surface area contributed by atoms with Crippen LogP contribution in [-0.4, -0.2) is 108 Å². The summed E-state index contributed by atoms with van der Waals surface area (Å²) in [6.07, 6.45) is 2.40. The van der Waals surface area contributed by atoms with Crippen LogP contribution in [-0.2, 0) is 31.3 Å². The van der Waals surface area contributed by atoms with Gasteiger partial charge in [-0.2, -0.15) is 4.31 Å². The van der Waals surface area contributed by atoms with E-state index in [0.717, 1.165) is 18.8 Å². The lowest BCUT2D eigenvalue weighted by molar-refractivity contribution is -0.151. The smallest absolute Gasteiger partial charge is 0.262 e. The van der Waals surface area contributed by atoms with Gasteiger partial charge in [0.2, 0.25) is 5.91 Å². The number of carbonyl (C=O) groups is 1. The second kappa shape index (κ2) is 11.1. The Morgan fingerprint density at radius 1 is 1.11 bits per heavy atom. The summed E-state index contributed by atoms with van der Waals surface area (Å²) in [5.41, 5.74) is 1.16. The van der Waals surface area contributed by atoms with E-state index in [-0.39, 0.29) is 43.2 Å². The summed E-state index contributed by atoms with van der Waals surface area (Å²) in [5, 5.41) is 10.3. The monoisotopic (exact) mass is 533 g/mol. The zero-order chi connectivity index (χ0) is 26.0. The molecule has 0 saturated carbocycles. The number of nitrogens with zero attached hydrogens (tertiary/aromatic N) is 5. The fourth-order valence-corrected chi connectivity index (χ4v) is 7.08. The predicted octanol–water partition coefficient (Wildman–Crippen LogP) is 0.457. The highest BCUT2D eigenvalue weighted by Gasteiger charge is 2.44. The maximum absolute atomic E-state index is 13.4. The van der Waals surface area contributed by atoms with Crippen LogP contribution in [0.25, 0.3) is 0 Å². The SMILES string of the molecule is Cn1cnc(S(=O)(=O)N2C[C@@H](O)COC[C@H]3O[C@H](CC(=O)N4CCN(c5ccccc5)CC4)CC[C@@H]32)c1. The van der Waals surface area contributed by atoms with Gasteiger partial charge in [-0.05, 0) is 25.0 Å². The van der Waals surface area contributed by atoms with Gasteiger partial charge in [0.25, 0.3) is 10.0 Å². The lowest BCUT2D eigenvalue weighted by atomic mass is 9.96. The van der Waals surface area contributed by atoms with Crippen LogP contribution < -0.4 is 4.90 Å². The van der Waals surface area contributed by atoms with Crippen LogP contribution in [0.5, 0.6) is 0 Å². The van der Waals surface area contributed by atoms with Crippen LogP contribution >= 0.6 is 0 Å². The van der Waals surface area contributed by atoms with Crippen molar-refractivity contribution >= 4 is 21.6 Å². The highest BCUT2D eigenvalue weighted by Crippen LogP contribution is 2.31. The number of aliphatic hydroxyl groups excluding tert-OH is 1. The Hall–Kier alpha value is -2.51. The van der Waals surface area contributed by atoms with Crippen LogP contribution in [0.1, 0.15) is 19.3 Å². The number of hydrogen-bond acceptors (Lipinski definition) is 8. The van der Waals surface area contributed by atoms with E-state index >= 15 is 0 Å². The molecule has 1 amide bonds. The third-order valence-electron chi connectivity index (χ3n) is 7.34. The minimum Gasteiger partial charge on any atom is -0.389 e. The van der Waals surface area contributed by atoms with Gasteiger partial charge in [0, 0.05) is 51.7 Å². The second-order valence-corrected chi connectivity index (χ2v) is 11.8. The van der Waals surface area contributed by atoms with E-state index in [1.165, 1.54) is 16.8 Å². The van der Waals surface area contributed by atoms with Crippen molar-refractivity contribution in [3.8, 4) is 0 Å². The first-order valence-electron chi connectivity index (χ1n) is 12.8. The summed E-state index contributed by atoms with van der Waals surface area (Å²) in [5.74, 6) is 0.0521. The van der Waals surface area contributed by atoms with Crippen molar-refractivity contribution < 1.29 is 27.8 Å². The fraction of sp³-hybridized carbons (Fsp3) is 0.600. The number of hydrogen-bond donors (Lipinski definition) is 1. The highest BCUT2D eigenvalue weighted by atomic mass is 32.2. The summed E-state index contributed by atoms with van der Waals surface area (Å²) >= 11 is 0. The lowest BCUT2D eigenvalue weighted by Gasteiger charge is -2.43. The standard InChI is InChI=1S/C25H35N5O6S/c1-27-15-24(26-18-27)37(33,34)30-14-20(31)16-35-17-23-22(30)8-7-21(36-23)13-25(32)29-11-9-28(10-12-29)19-5-3-2-4-6-19/h2-6,15,18,20-23,31H,7-14,16-17H2,1H3/t20-,21+,22+,23-/m1/s1. The molecular weight excluding hydrogens is 498 g/mol. The molecule has 1 N–H and O–H groups in total. The van der Waals surface area contributed by atoms with Gasteiger partial charge in [-0.25, -0.2) is 13.4 Å². The maximum atomic E-state index is 13.4. The van der Waals surface area contributed by atoms with E-state index in [0.29, 0.717) is 25.9 Å². The molecule has 5 rings (SSSR count). The first-order valence-corrected chi connectivity index (χ1v) is 14.2. The topological polar surface area (TPSA) is 117 Å². The Kier molecular flexibility index (Phi) is 7.82. The number of anilines is 1. The highest BCUT2D eigenvalue weighted by molar-refractivity contribution is 7.89. The van der Waals surface area contributed by atoms with Crippen LogP contribution in [0.2, 0.25) is 0 Å². The summed E-state index contributed by atoms with van der Waals surface area (Å²) in [7, 11) is -2.24. The molecule has 3 fully saturated rings. The zero-order valence-corrected chi connectivity index (χ0v) is 21.9. The Bertz CT molecular complexity index is 1170. The van der Waals surface area contributed by atoms with Crippen molar-refractivity contribution in [1.29, 1.82) is 0 Å². The summed E-state index contributed by atoms with van der Waals surface area (Å²) < 4.78 is 41.7. The third kappa shape index (κ3) is 5.83. The number of rotatable bonds is 5. The van der Waals surface area contributed by atoms with Gasteiger partial charge in [0.15, 0.2) is 5.03 Å². The molecule has 0 spiro atoms. The van der Waals surface area contributed by atoms with Crippen LogP contribution in [0.15, 0.2) is 47.9 Å². The van der Waals surface area contributed by atoms with E-state index < -0.39 is 28.3 Å². The van der Waals surface area contributed by atoms with Crippen molar-refractivity contribution in [3.63, 3.8) is 0 Å². The molecule has 0 unspecified atom stereocenters. The Labute approximate surface area is 217 Å². The average Bonchev–Trinajstić information content (AvgIpc) is 3.34. The van der Waals surface area contributed by atoms with E-state index in [4.69, 9.17) is 9.47 Å². The van der Waals surface area contributed by atoms with Gasteiger partial charge in [0.1, 0.15) is 0 Å². The number of para-hydroxylation sites is 1. The van der Waals surface area contributed by atoms with Gasteiger partial charge < -0.3 is 28.9 Å². The summed E-state index contributed by atoms with van der Waals surface area (Å²) in [6, 6.07) is 9.68. The fourth-order valence-electron chi connectivity index (χ4n) is 5.39. The van der Waals surface area contributed by atoms with E-state index in [1.54, 1.807) is 11.6 Å². The van der Waals surface area contributed by atoms with Crippen molar-refractivity contribution in [2.75, 3.05) is 50.8 Å². The molecular formula is C25H35N5O6S. The number of imidazole rings is 1. The average molecular weight is 534 g/mol. The van der Waals surface area contributed by atoms with Crippen LogP contribution in [0.3, 0.4) is 0 Å².